The van der Waals surface area contributed by atoms with Gasteiger partial charge in [0, 0.05) is 31.0 Å². The molecule has 0 saturated carbocycles. The third kappa shape index (κ3) is 1.85. The minimum absolute atomic E-state index is 0.0402. The number of hydrogen-bond donors (Lipinski definition) is 1. The molecular formula is C11H15N3O2. The average Bonchev–Trinajstić information content (AvgIpc) is 2.71. The van der Waals surface area contributed by atoms with E-state index in [9.17, 15) is 9.59 Å². The molecule has 1 N–H and O–H groups in total. The zero-order valence-corrected chi connectivity index (χ0v) is 9.43. The summed E-state index contributed by atoms with van der Waals surface area (Å²) in [6, 6.07) is 0. The quantitative estimate of drug-likeness (QED) is 0.746. The molecule has 2 heterocycles. The number of nitrogens with one attached hydrogen (secondary N) is 1. The third-order valence-electron chi connectivity index (χ3n) is 3.09. The van der Waals surface area contributed by atoms with Crippen molar-refractivity contribution < 1.29 is 9.59 Å². The van der Waals surface area contributed by atoms with Gasteiger partial charge in [0.2, 0.25) is 11.8 Å². The second-order valence-electron chi connectivity index (χ2n) is 4.14. The number of carbonyl (C=O) groups is 2. The summed E-state index contributed by atoms with van der Waals surface area (Å²) in [4.78, 5) is 22.8. The minimum Gasteiger partial charge on any atom is -0.296 e. The summed E-state index contributed by atoms with van der Waals surface area (Å²) >= 11 is 0. The molecule has 0 aromatic carbocycles. The zero-order valence-electron chi connectivity index (χ0n) is 9.43. The molecule has 5 nitrogen and oxygen atoms in total. The van der Waals surface area contributed by atoms with Gasteiger partial charge in [-0.1, -0.05) is 6.92 Å². The van der Waals surface area contributed by atoms with E-state index in [-0.39, 0.29) is 23.7 Å². The second kappa shape index (κ2) is 4.08. The van der Waals surface area contributed by atoms with Gasteiger partial charge in [0.25, 0.3) is 0 Å². The van der Waals surface area contributed by atoms with Crippen LogP contribution in [0.15, 0.2) is 12.4 Å². The molecule has 1 aromatic rings. The largest absolute Gasteiger partial charge is 0.296 e. The highest BCUT2D eigenvalue weighted by atomic mass is 16.2. The number of carbonyl (C=O) groups excluding carboxylic acids is 2. The Bertz CT molecular complexity index is 425. The van der Waals surface area contributed by atoms with Crippen LogP contribution in [0.5, 0.6) is 0 Å². The molecule has 2 atom stereocenters. The Labute approximate surface area is 93.8 Å². The predicted octanol–water partition coefficient (Wildman–Crippen LogP) is 0.669. The fraction of sp³-hybridized carbons (Fsp3) is 0.545. The maximum Gasteiger partial charge on any atom is 0.230 e. The summed E-state index contributed by atoms with van der Waals surface area (Å²) in [6.07, 6.45) is 4.02. The Balaban J connectivity index is 2.24. The fourth-order valence-corrected chi connectivity index (χ4v) is 2.01. The van der Waals surface area contributed by atoms with E-state index in [1.165, 1.54) is 0 Å². The van der Waals surface area contributed by atoms with E-state index in [0.717, 1.165) is 12.1 Å². The lowest BCUT2D eigenvalue weighted by Crippen LogP contribution is -2.43. The van der Waals surface area contributed by atoms with Crippen LogP contribution in [-0.4, -0.2) is 21.6 Å². The maximum atomic E-state index is 11.5. The molecule has 1 saturated heterocycles. The number of imide groups is 1. The van der Waals surface area contributed by atoms with Crippen LogP contribution in [0.1, 0.15) is 31.7 Å². The second-order valence-corrected chi connectivity index (χ2v) is 4.14. The number of aromatic nitrogens is 2. The van der Waals surface area contributed by atoms with Crippen molar-refractivity contribution in [2.45, 2.75) is 32.7 Å². The highest BCUT2D eigenvalue weighted by molar-refractivity contribution is 5.99. The van der Waals surface area contributed by atoms with E-state index >= 15 is 0 Å². The van der Waals surface area contributed by atoms with Crippen molar-refractivity contribution in [3.8, 4) is 0 Å². The van der Waals surface area contributed by atoms with Crippen molar-refractivity contribution in [1.82, 2.24) is 15.1 Å². The lowest BCUT2D eigenvalue weighted by molar-refractivity contribution is -0.136. The van der Waals surface area contributed by atoms with Gasteiger partial charge in [-0.2, -0.15) is 5.10 Å². The molecule has 16 heavy (non-hydrogen) atoms. The van der Waals surface area contributed by atoms with Crippen LogP contribution in [0.2, 0.25) is 0 Å². The van der Waals surface area contributed by atoms with Crippen molar-refractivity contribution in [1.29, 1.82) is 0 Å². The first-order valence-corrected chi connectivity index (χ1v) is 5.48. The summed E-state index contributed by atoms with van der Waals surface area (Å²) < 4.78 is 1.80. The molecule has 2 unspecified atom stereocenters. The summed E-state index contributed by atoms with van der Waals surface area (Å²) in [5, 5.41) is 6.51. The minimum atomic E-state index is -0.197. The van der Waals surface area contributed by atoms with Crippen LogP contribution >= 0.6 is 0 Å². The Morgan fingerprint density at radius 1 is 1.56 bits per heavy atom. The van der Waals surface area contributed by atoms with Crippen molar-refractivity contribution in [3.05, 3.63) is 18.0 Å². The smallest absolute Gasteiger partial charge is 0.230 e. The molecule has 0 spiro atoms. The van der Waals surface area contributed by atoms with Crippen molar-refractivity contribution >= 4 is 11.8 Å². The normalized spacial score (nSPS) is 25.6. The average molecular weight is 221 g/mol. The molecule has 2 amide bonds. The topological polar surface area (TPSA) is 64.0 Å². The van der Waals surface area contributed by atoms with Gasteiger partial charge >= 0.3 is 0 Å². The molecule has 0 bridgehead atoms. The van der Waals surface area contributed by atoms with Crippen LogP contribution < -0.4 is 5.32 Å². The summed E-state index contributed by atoms with van der Waals surface area (Å²) in [6.45, 7) is 4.63. The monoisotopic (exact) mass is 221 g/mol. The van der Waals surface area contributed by atoms with Gasteiger partial charge < -0.3 is 0 Å². The van der Waals surface area contributed by atoms with E-state index < -0.39 is 0 Å². The van der Waals surface area contributed by atoms with Crippen LogP contribution in [0.25, 0.3) is 0 Å². The lowest BCUT2D eigenvalue weighted by Gasteiger charge is -2.26. The highest BCUT2D eigenvalue weighted by Crippen LogP contribution is 2.30. The number of amides is 2. The number of rotatable bonds is 2. The maximum absolute atomic E-state index is 11.5. The molecule has 1 aromatic heterocycles. The number of aryl methyl sites for hydroxylation is 1. The zero-order chi connectivity index (χ0) is 11.7. The lowest BCUT2D eigenvalue weighted by atomic mass is 9.83. The van der Waals surface area contributed by atoms with Crippen LogP contribution in [-0.2, 0) is 16.1 Å². The van der Waals surface area contributed by atoms with Crippen LogP contribution in [0.4, 0.5) is 0 Å². The fourth-order valence-electron chi connectivity index (χ4n) is 2.01. The predicted molar refractivity (Wildman–Crippen MR) is 57.6 cm³/mol. The molecule has 0 aliphatic carbocycles. The standard InChI is InChI=1S/C11H15N3O2/c1-3-14-6-8(5-12-14)9-4-10(15)13-11(16)7(9)2/h5-7,9H,3-4H2,1-2H3,(H,13,15,16). The van der Waals surface area contributed by atoms with Crippen molar-refractivity contribution in [2.24, 2.45) is 5.92 Å². The van der Waals surface area contributed by atoms with Gasteiger partial charge in [-0.05, 0) is 12.5 Å². The molecular weight excluding hydrogens is 206 g/mol. The number of piperidine rings is 1. The van der Waals surface area contributed by atoms with E-state index in [1.807, 2.05) is 20.0 Å². The summed E-state index contributed by atoms with van der Waals surface area (Å²) in [5.41, 5.74) is 0.970. The van der Waals surface area contributed by atoms with Gasteiger partial charge in [0.15, 0.2) is 0 Å². The molecule has 1 aliphatic heterocycles. The Kier molecular flexibility index (Phi) is 2.77. The van der Waals surface area contributed by atoms with Gasteiger partial charge in [0.05, 0.1) is 6.20 Å². The highest BCUT2D eigenvalue weighted by Gasteiger charge is 2.34. The van der Waals surface area contributed by atoms with E-state index in [1.54, 1.807) is 10.9 Å². The van der Waals surface area contributed by atoms with Gasteiger partial charge in [-0.15, -0.1) is 0 Å². The van der Waals surface area contributed by atoms with Crippen molar-refractivity contribution in [2.75, 3.05) is 0 Å². The van der Waals surface area contributed by atoms with Gasteiger partial charge in [0.1, 0.15) is 0 Å². The first-order chi connectivity index (χ1) is 7.61. The molecule has 86 valence electrons. The summed E-state index contributed by atoms with van der Waals surface area (Å²) in [7, 11) is 0. The molecule has 0 radical (unpaired) electrons. The summed E-state index contributed by atoms with van der Waals surface area (Å²) in [5.74, 6) is -0.600. The van der Waals surface area contributed by atoms with Gasteiger partial charge in [-0.3, -0.25) is 19.6 Å². The van der Waals surface area contributed by atoms with Crippen LogP contribution in [0.3, 0.4) is 0 Å². The first kappa shape index (κ1) is 10.9. The Morgan fingerprint density at radius 2 is 2.31 bits per heavy atom. The third-order valence-corrected chi connectivity index (χ3v) is 3.09. The van der Waals surface area contributed by atoms with Crippen molar-refractivity contribution in [3.63, 3.8) is 0 Å². The SMILES string of the molecule is CCn1cc(C2CC(=O)NC(=O)C2C)cn1. The Morgan fingerprint density at radius 3 is 2.94 bits per heavy atom. The van der Waals surface area contributed by atoms with E-state index in [4.69, 9.17) is 0 Å². The van der Waals surface area contributed by atoms with E-state index in [2.05, 4.69) is 10.4 Å². The number of hydrogen-bond acceptors (Lipinski definition) is 3. The number of nitrogens with zero attached hydrogens (tertiary/aromatic N) is 2. The first-order valence-electron chi connectivity index (χ1n) is 5.48. The van der Waals surface area contributed by atoms with Crippen LogP contribution in [0, 0.1) is 5.92 Å². The Hall–Kier alpha value is -1.65. The van der Waals surface area contributed by atoms with Gasteiger partial charge in [-0.25, -0.2) is 0 Å². The molecule has 2 rings (SSSR count). The molecule has 1 fully saturated rings. The molecule has 5 heteroatoms. The van der Waals surface area contributed by atoms with E-state index in [0.29, 0.717) is 6.42 Å². The molecule has 1 aliphatic rings.